The van der Waals surface area contributed by atoms with E-state index in [2.05, 4.69) is 26.5 Å². The molecule has 0 aliphatic rings. The van der Waals surface area contributed by atoms with E-state index in [0.29, 0.717) is 18.1 Å². The van der Waals surface area contributed by atoms with Crippen LogP contribution in [0.5, 0.6) is 11.5 Å². The molecule has 1 N–H and O–H groups in total. The van der Waals surface area contributed by atoms with Crippen LogP contribution < -0.4 is 14.9 Å². The zero-order valence-corrected chi connectivity index (χ0v) is 17.3. The van der Waals surface area contributed by atoms with Crippen molar-refractivity contribution in [3.63, 3.8) is 0 Å². The van der Waals surface area contributed by atoms with Gasteiger partial charge in [-0.2, -0.15) is 5.10 Å². The first kappa shape index (κ1) is 19.9. The molecule has 0 aliphatic heterocycles. The van der Waals surface area contributed by atoms with E-state index in [9.17, 15) is 4.79 Å². The van der Waals surface area contributed by atoms with Crippen molar-refractivity contribution in [1.82, 2.24) is 5.43 Å². The van der Waals surface area contributed by atoms with Gasteiger partial charge in [0.2, 0.25) is 5.91 Å². The first-order valence-electron chi connectivity index (χ1n) is 8.91. The van der Waals surface area contributed by atoms with E-state index in [1.807, 2.05) is 61.5 Å². The quantitative estimate of drug-likeness (QED) is 0.427. The maximum Gasteiger partial charge on any atom is 0.244 e. The van der Waals surface area contributed by atoms with Crippen molar-refractivity contribution >= 4 is 38.8 Å². The minimum atomic E-state index is -0.178. The lowest BCUT2D eigenvalue weighted by Gasteiger charge is -2.09. The fourth-order valence-corrected chi connectivity index (χ4v) is 3.39. The average Bonchev–Trinajstić information content (AvgIpc) is 2.71. The second-order valence-corrected chi connectivity index (χ2v) is 6.92. The van der Waals surface area contributed by atoms with Gasteiger partial charge in [-0.05, 0) is 53.1 Å². The monoisotopic (exact) mass is 440 g/mol. The first-order valence-corrected chi connectivity index (χ1v) is 9.70. The van der Waals surface area contributed by atoms with E-state index < -0.39 is 0 Å². The number of methoxy groups -OCH3 is 1. The molecular formula is C22H21BrN2O3. The molecule has 0 saturated carbocycles. The third kappa shape index (κ3) is 4.70. The Labute approximate surface area is 172 Å². The Balaban J connectivity index is 1.68. The number of hydrazone groups is 1. The van der Waals surface area contributed by atoms with E-state index in [4.69, 9.17) is 9.47 Å². The molecule has 3 aromatic rings. The van der Waals surface area contributed by atoms with Crippen molar-refractivity contribution in [2.45, 2.75) is 13.3 Å². The smallest absolute Gasteiger partial charge is 0.244 e. The van der Waals surface area contributed by atoms with Gasteiger partial charge in [-0.15, -0.1) is 0 Å². The van der Waals surface area contributed by atoms with Crippen molar-refractivity contribution in [2.24, 2.45) is 5.10 Å². The summed E-state index contributed by atoms with van der Waals surface area (Å²) in [5.41, 5.74) is 4.34. The molecule has 28 heavy (non-hydrogen) atoms. The number of nitrogens with one attached hydrogen (secondary N) is 1. The number of fused-ring (bicyclic) bond motifs is 1. The van der Waals surface area contributed by atoms with Gasteiger partial charge in [-0.25, -0.2) is 5.43 Å². The average molecular weight is 441 g/mol. The van der Waals surface area contributed by atoms with E-state index in [1.54, 1.807) is 13.3 Å². The minimum absolute atomic E-state index is 0.178. The normalized spacial score (nSPS) is 11.0. The Bertz CT molecular complexity index is 1020. The van der Waals surface area contributed by atoms with Crippen LogP contribution in [0.25, 0.3) is 10.8 Å². The van der Waals surface area contributed by atoms with Gasteiger partial charge < -0.3 is 9.47 Å². The highest BCUT2D eigenvalue weighted by atomic mass is 79.9. The summed E-state index contributed by atoms with van der Waals surface area (Å²) in [6.45, 7) is 2.45. The van der Waals surface area contributed by atoms with Gasteiger partial charge in [0.1, 0.15) is 0 Å². The van der Waals surface area contributed by atoms with Gasteiger partial charge in [0.25, 0.3) is 0 Å². The van der Waals surface area contributed by atoms with Gasteiger partial charge in [-0.1, -0.05) is 46.3 Å². The number of rotatable bonds is 7. The summed E-state index contributed by atoms with van der Waals surface area (Å²) < 4.78 is 11.8. The van der Waals surface area contributed by atoms with Gasteiger partial charge in [0.05, 0.1) is 26.4 Å². The molecule has 0 radical (unpaired) electrons. The molecule has 0 saturated heterocycles. The van der Waals surface area contributed by atoms with Gasteiger partial charge in [-0.3, -0.25) is 4.79 Å². The zero-order chi connectivity index (χ0) is 19.9. The van der Waals surface area contributed by atoms with Crippen molar-refractivity contribution in [3.8, 4) is 11.5 Å². The molecule has 6 heteroatoms. The van der Waals surface area contributed by atoms with Gasteiger partial charge in [0, 0.05) is 4.47 Å². The van der Waals surface area contributed by atoms with Crippen molar-refractivity contribution in [2.75, 3.05) is 13.7 Å². The number of hydrogen-bond donors (Lipinski definition) is 1. The molecule has 0 unspecified atom stereocenters. The molecule has 0 fully saturated rings. The number of benzene rings is 3. The van der Waals surface area contributed by atoms with Gasteiger partial charge >= 0.3 is 0 Å². The van der Waals surface area contributed by atoms with Crippen molar-refractivity contribution < 1.29 is 14.3 Å². The maximum atomic E-state index is 12.3. The lowest BCUT2D eigenvalue weighted by molar-refractivity contribution is -0.120. The van der Waals surface area contributed by atoms with Crippen LogP contribution in [-0.4, -0.2) is 25.8 Å². The summed E-state index contributed by atoms with van der Waals surface area (Å²) in [4.78, 5) is 12.3. The van der Waals surface area contributed by atoms with Crippen LogP contribution in [0.4, 0.5) is 0 Å². The third-order valence-corrected chi connectivity index (χ3v) is 4.89. The lowest BCUT2D eigenvalue weighted by atomic mass is 10.0. The summed E-state index contributed by atoms with van der Waals surface area (Å²) in [7, 11) is 1.59. The number of carbonyl (C=O) groups is 1. The van der Waals surface area contributed by atoms with Crippen LogP contribution in [0, 0.1) is 0 Å². The molecule has 3 aromatic carbocycles. The number of ether oxygens (including phenoxy) is 2. The highest BCUT2D eigenvalue weighted by molar-refractivity contribution is 9.10. The molecular weight excluding hydrogens is 420 g/mol. The highest BCUT2D eigenvalue weighted by Crippen LogP contribution is 2.28. The first-order chi connectivity index (χ1) is 13.6. The Morgan fingerprint density at radius 2 is 1.89 bits per heavy atom. The topological polar surface area (TPSA) is 59.9 Å². The molecule has 0 bridgehead atoms. The number of nitrogens with zero attached hydrogens (tertiary/aromatic N) is 1. The largest absolute Gasteiger partial charge is 0.493 e. The fraction of sp³-hybridized carbons (Fsp3) is 0.182. The predicted molar refractivity (Wildman–Crippen MR) is 115 cm³/mol. The molecule has 0 aromatic heterocycles. The molecule has 0 atom stereocenters. The predicted octanol–water partition coefficient (Wildman–Crippen LogP) is 4.70. The number of amides is 1. The summed E-state index contributed by atoms with van der Waals surface area (Å²) in [6.07, 6.45) is 1.83. The second kappa shape index (κ2) is 9.37. The van der Waals surface area contributed by atoms with Crippen molar-refractivity contribution in [3.05, 3.63) is 70.2 Å². The van der Waals surface area contributed by atoms with E-state index in [1.165, 1.54) is 0 Å². The Kier molecular flexibility index (Phi) is 6.66. The minimum Gasteiger partial charge on any atom is -0.493 e. The summed E-state index contributed by atoms with van der Waals surface area (Å²) in [5, 5.41) is 6.19. The summed E-state index contributed by atoms with van der Waals surface area (Å²) in [6, 6.07) is 17.4. The van der Waals surface area contributed by atoms with E-state index in [-0.39, 0.29) is 12.3 Å². The van der Waals surface area contributed by atoms with Crippen LogP contribution >= 0.6 is 15.9 Å². The Morgan fingerprint density at radius 3 is 2.64 bits per heavy atom. The number of hydrogen-bond acceptors (Lipinski definition) is 4. The molecule has 0 heterocycles. The summed E-state index contributed by atoms with van der Waals surface area (Å²) in [5.74, 6) is 1.12. The number of carbonyl (C=O) groups excluding carboxylic acids is 1. The Morgan fingerprint density at radius 1 is 1.11 bits per heavy atom. The molecule has 144 valence electrons. The van der Waals surface area contributed by atoms with Crippen LogP contribution in [0.3, 0.4) is 0 Å². The molecule has 3 rings (SSSR count). The Hall–Kier alpha value is -2.86. The van der Waals surface area contributed by atoms with Crippen LogP contribution in [-0.2, 0) is 11.2 Å². The second-order valence-electron chi connectivity index (χ2n) is 6.07. The SMILES string of the molecule is CCOc1cc(/C=N\NC(=O)Cc2ccc(Br)c3ccccc23)ccc1OC. The highest BCUT2D eigenvalue weighted by Gasteiger charge is 2.08. The molecule has 1 amide bonds. The van der Waals surface area contributed by atoms with E-state index in [0.717, 1.165) is 26.4 Å². The van der Waals surface area contributed by atoms with E-state index >= 15 is 0 Å². The van der Waals surface area contributed by atoms with Crippen LogP contribution in [0.15, 0.2) is 64.2 Å². The maximum absolute atomic E-state index is 12.3. The number of halogens is 1. The summed E-state index contributed by atoms with van der Waals surface area (Å²) >= 11 is 3.55. The van der Waals surface area contributed by atoms with Crippen molar-refractivity contribution in [1.29, 1.82) is 0 Å². The van der Waals surface area contributed by atoms with Crippen LogP contribution in [0.1, 0.15) is 18.1 Å². The zero-order valence-electron chi connectivity index (χ0n) is 15.7. The third-order valence-electron chi connectivity index (χ3n) is 4.20. The van der Waals surface area contributed by atoms with Crippen LogP contribution in [0.2, 0.25) is 0 Å². The molecule has 0 spiro atoms. The lowest BCUT2D eigenvalue weighted by Crippen LogP contribution is -2.19. The standard InChI is InChI=1S/C22H21BrN2O3/c1-3-28-21-12-15(8-11-20(21)27-2)14-24-25-22(26)13-16-9-10-19(23)18-7-5-4-6-17(16)18/h4-12,14H,3,13H2,1-2H3,(H,25,26)/b24-14-. The molecule has 0 aliphatic carbocycles. The molecule has 5 nitrogen and oxygen atoms in total. The van der Waals surface area contributed by atoms with Gasteiger partial charge in [0.15, 0.2) is 11.5 Å². The fourth-order valence-electron chi connectivity index (χ4n) is 2.91.